The summed E-state index contributed by atoms with van der Waals surface area (Å²) in [5.74, 6) is 0.230. The second-order valence-electron chi connectivity index (χ2n) is 5.23. The Morgan fingerprint density at radius 1 is 1.38 bits per heavy atom. The van der Waals surface area contributed by atoms with Crippen LogP contribution in [0.15, 0.2) is 6.33 Å². The Hall–Kier alpha value is -1.97. The molecule has 1 aliphatic rings. The first kappa shape index (κ1) is 14.0. The van der Waals surface area contributed by atoms with Crippen LogP contribution in [0.1, 0.15) is 12.5 Å². The molecule has 9 nitrogen and oxygen atoms in total. The van der Waals surface area contributed by atoms with E-state index < -0.39 is 18.2 Å². The summed E-state index contributed by atoms with van der Waals surface area (Å²) in [5, 5.41) is 32.3. The third kappa shape index (κ3) is 2.09. The number of hydrogen-bond donors (Lipinski definition) is 5. The van der Waals surface area contributed by atoms with Gasteiger partial charge in [-0.05, 0) is 6.42 Å². The summed E-state index contributed by atoms with van der Waals surface area (Å²) in [6.45, 7) is -0.180. The average molecular weight is 294 g/mol. The third-order valence-electron chi connectivity index (χ3n) is 4.04. The number of aliphatic hydroxyl groups excluding tert-OH is 3. The van der Waals surface area contributed by atoms with Gasteiger partial charge in [0.1, 0.15) is 6.10 Å². The molecule has 0 saturated heterocycles. The molecule has 9 heteroatoms. The van der Waals surface area contributed by atoms with E-state index in [-0.39, 0.29) is 18.5 Å². The Morgan fingerprint density at radius 3 is 2.76 bits per heavy atom. The first-order valence-corrected chi connectivity index (χ1v) is 6.71. The predicted molar refractivity (Wildman–Crippen MR) is 75.5 cm³/mol. The second kappa shape index (κ2) is 5.10. The molecular weight excluding hydrogens is 276 g/mol. The van der Waals surface area contributed by atoms with Gasteiger partial charge < -0.3 is 30.9 Å². The monoisotopic (exact) mass is 294 g/mol. The number of aliphatic hydroxyl groups is 3. The van der Waals surface area contributed by atoms with Gasteiger partial charge in [0, 0.05) is 19.6 Å². The highest BCUT2D eigenvalue weighted by Gasteiger charge is 2.42. The number of anilines is 2. The maximum absolute atomic E-state index is 10.2. The van der Waals surface area contributed by atoms with Gasteiger partial charge in [0.05, 0.1) is 18.5 Å². The van der Waals surface area contributed by atoms with E-state index in [4.69, 9.17) is 5.73 Å². The van der Waals surface area contributed by atoms with Crippen LogP contribution >= 0.6 is 0 Å². The van der Waals surface area contributed by atoms with E-state index in [1.54, 1.807) is 17.9 Å². The molecule has 2 aromatic heterocycles. The van der Waals surface area contributed by atoms with E-state index in [0.717, 1.165) is 0 Å². The number of rotatable bonds is 3. The predicted octanol–water partition coefficient (Wildman–Crippen LogP) is -1.27. The lowest BCUT2D eigenvalue weighted by Crippen LogP contribution is -2.30. The van der Waals surface area contributed by atoms with E-state index in [1.165, 1.54) is 0 Å². The van der Waals surface area contributed by atoms with Crippen LogP contribution in [0, 0.1) is 5.92 Å². The minimum atomic E-state index is -0.992. The highest BCUT2D eigenvalue weighted by atomic mass is 16.3. The standard InChI is InChI=1S/C12H18N6O3/c1-14-10-7-11(17-12(13)16-10)18(4-15-7)6-2-5(3-19)8(20)9(6)21/h4-6,8-9,19-21H,2-3H2,1H3,(H3,13,14,16,17)/t5-,6-,8-,9+/m0/s1. The molecule has 21 heavy (non-hydrogen) atoms. The van der Waals surface area contributed by atoms with Gasteiger partial charge >= 0.3 is 0 Å². The minimum Gasteiger partial charge on any atom is -0.396 e. The van der Waals surface area contributed by atoms with Crippen LogP contribution < -0.4 is 11.1 Å². The van der Waals surface area contributed by atoms with Crippen molar-refractivity contribution >= 4 is 22.9 Å². The number of imidazole rings is 1. The van der Waals surface area contributed by atoms with E-state index in [1.807, 2.05) is 0 Å². The largest absolute Gasteiger partial charge is 0.396 e. The molecule has 0 bridgehead atoms. The summed E-state index contributed by atoms with van der Waals surface area (Å²) < 4.78 is 1.68. The van der Waals surface area contributed by atoms with Crippen LogP contribution in [0.2, 0.25) is 0 Å². The lowest BCUT2D eigenvalue weighted by molar-refractivity contribution is -0.00370. The van der Waals surface area contributed by atoms with Gasteiger partial charge in [-0.1, -0.05) is 0 Å². The molecule has 0 radical (unpaired) electrons. The molecule has 0 amide bonds. The van der Waals surface area contributed by atoms with Crippen molar-refractivity contribution in [3.05, 3.63) is 6.33 Å². The van der Waals surface area contributed by atoms with Crippen molar-refractivity contribution in [1.29, 1.82) is 0 Å². The summed E-state index contributed by atoms with van der Waals surface area (Å²) >= 11 is 0. The van der Waals surface area contributed by atoms with Crippen molar-refractivity contribution in [2.24, 2.45) is 5.92 Å². The minimum absolute atomic E-state index is 0.0975. The van der Waals surface area contributed by atoms with Gasteiger partial charge in [-0.25, -0.2) is 4.98 Å². The smallest absolute Gasteiger partial charge is 0.224 e. The molecule has 0 aliphatic heterocycles. The molecule has 1 saturated carbocycles. The van der Waals surface area contributed by atoms with E-state index in [2.05, 4.69) is 20.3 Å². The zero-order chi connectivity index (χ0) is 15.1. The van der Waals surface area contributed by atoms with Crippen molar-refractivity contribution in [1.82, 2.24) is 19.5 Å². The summed E-state index contributed by atoms with van der Waals surface area (Å²) in [6, 6.07) is -0.416. The Balaban J connectivity index is 2.07. The van der Waals surface area contributed by atoms with Gasteiger partial charge in [0.2, 0.25) is 5.95 Å². The number of aromatic nitrogens is 4. The van der Waals surface area contributed by atoms with E-state index in [0.29, 0.717) is 23.4 Å². The first-order chi connectivity index (χ1) is 10.1. The fourth-order valence-electron chi connectivity index (χ4n) is 2.91. The molecule has 0 aromatic carbocycles. The number of fused-ring (bicyclic) bond motifs is 1. The van der Waals surface area contributed by atoms with Crippen molar-refractivity contribution in [2.75, 3.05) is 24.7 Å². The topological polar surface area (TPSA) is 142 Å². The molecule has 114 valence electrons. The summed E-state index contributed by atoms with van der Waals surface area (Å²) in [5.41, 5.74) is 6.72. The zero-order valence-corrected chi connectivity index (χ0v) is 11.5. The molecule has 1 aliphatic carbocycles. The number of hydrogen-bond acceptors (Lipinski definition) is 8. The lowest BCUT2D eigenvalue weighted by Gasteiger charge is -2.18. The Bertz CT molecular complexity index is 660. The summed E-state index contributed by atoms with van der Waals surface area (Å²) in [6.07, 6.45) is 0.0116. The highest BCUT2D eigenvalue weighted by Crippen LogP contribution is 2.37. The molecule has 1 fully saturated rings. The Morgan fingerprint density at radius 2 is 2.14 bits per heavy atom. The number of nitrogens with zero attached hydrogens (tertiary/aromatic N) is 4. The van der Waals surface area contributed by atoms with Crippen LogP contribution in [0.3, 0.4) is 0 Å². The summed E-state index contributed by atoms with van der Waals surface area (Å²) in [4.78, 5) is 12.5. The van der Waals surface area contributed by atoms with Crippen molar-refractivity contribution in [2.45, 2.75) is 24.7 Å². The fraction of sp³-hybridized carbons (Fsp3) is 0.583. The number of nitrogen functional groups attached to an aromatic ring is 1. The van der Waals surface area contributed by atoms with Crippen molar-refractivity contribution < 1.29 is 15.3 Å². The molecule has 2 aromatic rings. The van der Waals surface area contributed by atoms with Crippen LogP contribution in [0.5, 0.6) is 0 Å². The Labute approximate surface area is 120 Å². The quantitative estimate of drug-likeness (QED) is 0.471. The molecule has 2 heterocycles. The highest BCUT2D eigenvalue weighted by molar-refractivity contribution is 5.84. The van der Waals surface area contributed by atoms with Gasteiger partial charge in [-0.3, -0.25) is 0 Å². The molecular formula is C12H18N6O3. The summed E-state index contributed by atoms with van der Waals surface area (Å²) in [7, 11) is 1.70. The lowest BCUT2D eigenvalue weighted by atomic mass is 10.1. The van der Waals surface area contributed by atoms with Gasteiger partial charge in [0.15, 0.2) is 17.0 Å². The van der Waals surface area contributed by atoms with Crippen LogP contribution in [-0.2, 0) is 0 Å². The second-order valence-corrected chi connectivity index (χ2v) is 5.23. The Kier molecular flexibility index (Phi) is 3.40. The molecule has 6 N–H and O–H groups in total. The van der Waals surface area contributed by atoms with Gasteiger partial charge in [-0.2, -0.15) is 9.97 Å². The fourth-order valence-corrected chi connectivity index (χ4v) is 2.91. The van der Waals surface area contributed by atoms with Crippen LogP contribution in [0.25, 0.3) is 11.2 Å². The van der Waals surface area contributed by atoms with Crippen molar-refractivity contribution in [3.63, 3.8) is 0 Å². The molecule has 0 spiro atoms. The number of nitrogens with one attached hydrogen (secondary N) is 1. The molecule has 4 atom stereocenters. The maximum Gasteiger partial charge on any atom is 0.224 e. The van der Waals surface area contributed by atoms with E-state index >= 15 is 0 Å². The van der Waals surface area contributed by atoms with Crippen molar-refractivity contribution in [3.8, 4) is 0 Å². The van der Waals surface area contributed by atoms with E-state index in [9.17, 15) is 15.3 Å². The molecule has 0 unspecified atom stereocenters. The normalized spacial score (nSPS) is 29.1. The first-order valence-electron chi connectivity index (χ1n) is 6.71. The zero-order valence-electron chi connectivity index (χ0n) is 11.5. The average Bonchev–Trinajstić information content (AvgIpc) is 3.01. The maximum atomic E-state index is 10.2. The van der Waals surface area contributed by atoms with Crippen LogP contribution in [-0.4, -0.2) is 60.7 Å². The van der Waals surface area contributed by atoms with Gasteiger partial charge in [-0.15, -0.1) is 0 Å². The number of nitrogens with two attached hydrogens (primary N) is 1. The SMILES string of the molecule is CNc1nc(N)nc2c1ncn2[C@H]1C[C@@H](CO)[C@H](O)[C@@H]1O. The third-order valence-corrected chi connectivity index (χ3v) is 4.04. The molecule has 3 rings (SSSR count). The van der Waals surface area contributed by atoms with Crippen LogP contribution in [0.4, 0.5) is 11.8 Å². The van der Waals surface area contributed by atoms with Gasteiger partial charge in [0.25, 0.3) is 0 Å².